The maximum Gasteiger partial charge on any atom is 0.347 e. The third-order valence-electron chi connectivity index (χ3n) is 7.24. The number of rotatable bonds is 4. The van der Waals surface area contributed by atoms with E-state index < -0.39 is 30.4 Å². The van der Waals surface area contributed by atoms with Gasteiger partial charge in [-0.1, -0.05) is 24.6 Å². The molecule has 35 heavy (non-hydrogen) atoms. The number of hydrogen-bond acceptors (Lipinski definition) is 5. The van der Waals surface area contributed by atoms with Crippen molar-refractivity contribution in [2.24, 2.45) is 5.92 Å². The summed E-state index contributed by atoms with van der Waals surface area (Å²) in [5.41, 5.74) is 0.122. The summed E-state index contributed by atoms with van der Waals surface area (Å²) in [5.74, 6) is -1.63. The Morgan fingerprint density at radius 3 is 2.89 bits per heavy atom. The molecule has 1 N–H and O–H groups in total. The maximum absolute atomic E-state index is 15.9. The molecule has 2 aromatic heterocycles. The Hall–Kier alpha value is -3.43. The van der Waals surface area contributed by atoms with E-state index in [0.717, 1.165) is 19.3 Å². The number of hydrogen-bond donors (Lipinski definition) is 1. The molecule has 1 aromatic carbocycles. The first-order valence-corrected chi connectivity index (χ1v) is 11.7. The molecule has 182 valence electrons. The highest BCUT2D eigenvalue weighted by atomic mass is 19.1. The van der Waals surface area contributed by atoms with E-state index in [9.17, 15) is 18.0 Å². The van der Waals surface area contributed by atoms with Crippen molar-refractivity contribution in [2.75, 3.05) is 18.3 Å². The van der Waals surface area contributed by atoms with E-state index in [4.69, 9.17) is 4.74 Å². The fourth-order valence-corrected chi connectivity index (χ4v) is 5.56. The van der Waals surface area contributed by atoms with Crippen molar-refractivity contribution in [3.8, 4) is 11.3 Å². The topological polar surface area (TPSA) is 71.1 Å². The molecule has 1 saturated carbocycles. The number of alkyl halides is 2. The predicted molar refractivity (Wildman–Crippen MR) is 122 cm³/mol. The van der Waals surface area contributed by atoms with Gasteiger partial charge in [0.25, 0.3) is 0 Å². The summed E-state index contributed by atoms with van der Waals surface area (Å²) in [6.45, 7) is -0.725. The second-order valence-corrected chi connectivity index (χ2v) is 9.19. The van der Waals surface area contributed by atoms with Gasteiger partial charge < -0.3 is 14.6 Å². The molecular formula is C25H22F4N4O2. The van der Waals surface area contributed by atoms with Crippen LogP contribution in [0.25, 0.3) is 27.9 Å². The van der Waals surface area contributed by atoms with Crippen LogP contribution in [0, 0.1) is 11.7 Å². The third-order valence-corrected chi connectivity index (χ3v) is 7.24. The van der Waals surface area contributed by atoms with Gasteiger partial charge in [0.1, 0.15) is 23.5 Å². The molecule has 0 amide bonds. The average Bonchev–Trinajstić information content (AvgIpc) is 3.55. The lowest BCUT2D eigenvalue weighted by Crippen LogP contribution is -2.31. The number of nitrogens with one attached hydrogen (secondary N) is 1. The highest BCUT2D eigenvalue weighted by Gasteiger charge is 2.55. The van der Waals surface area contributed by atoms with E-state index in [1.54, 1.807) is 23.1 Å². The Labute approximate surface area is 197 Å². The zero-order valence-corrected chi connectivity index (χ0v) is 18.7. The molecule has 0 bridgehead atoms. The fraction of sp³-hybridized carbons (Fsp3) is 0.400. The summed E-state index contributed by atoms with van der Waals surface area (Å²) in [6.07, 6.45) is 3.24. The van der Waals surface area contributed by atoms with Gasteiger partial charge in [0.15, 0.2) is 11.6 Å². The van der Waals surface area contributed by atoms with Gasteiger partial charge in [-0.2, -0.15) is 4.98 Å². The molecule has 10 heteroatoms. The smallest absolute Gasteiger partial charge is 0.347 e. The SMILES string of the molecule is O=c1nc(N2CCCCC3C(F)C32)c2cnc(-c3cccc4c3C(OCF)=C(F)CC4)c(F)c2[nH]1. The number of halogens is 4. The maximum atomic E-state index is 15.9. The van der Waals surface area contributed by atoms with E-state index in [1.807, 2.05) is 0 Å². The van der Waals surface area contributed by atoms with Crippen molar-refractivity contribution in [1.82, 2.24) is 15.0 Å². The number of aromatic nitrogens is 3. The van der Waals surface area contributed by atoms with Crippen LogP contribution in [0.15, 0.2) is 35.0 Å². The number of aryl methyl sites for hydroxylation is 1. The van der Waals surface area contributed by atoms with Crippen LogP contribution in [0.4, 0.5) is 23.4 Å². The Bertz CT molecular complexity index is 1420. The van der Waals surface area contributed by atoms with Crippen LogP contribution in [0.3, 0.4) is 0 Å². The number of ether oxygens (including phenoxy) is 1. The van der Waals surface area contributed by atoms with Crippen LogP contribution < -0.4 is 10.6 Å². The second-order valence-electron chi connectivity index (χ2n) is 9.19. The number of pyridine rings is 1. The van der Waals surface area contributed by atoms with E-state index in [-0.39, 0.29) is 57.7 Å². The molecule has 3 atom stereocenters. The van der Waals surface area contributed by atoms with Crippen molar-refractivity contribution in [3.63, 3.8) is 0 Å². The number of fused-ring (bicyclic) bond motifs is 3. The van der Waals surface area contributed by atoms with Gasteiger partial charge in [-0.25, -0.2) is 22.4 Å². The summed E-state index contributed by atoms with van der Waals surface area (Å²) < 4.78 is 62.9. The van der Waals surface area contributed by atoms with Crippen LogP contribution in [0.1, 0.15) is 36.8 Å². The number of benzene rings is 1. The summed E-state index contributed by atoms with van der Waals surface area (Å²) in [7, 11) is 0. The predicted octanol–water partition coefficient (Wildman–Crippen LogP) is 4.98. The molecular weight excluding hydrogens is 464 g/mol. The quantitative estimate of drug-likeness (QED) is 0.527. The molecule has 6 rings (SSSR count). The van der Waals surface area contributed by atoms with Crippen molar-refractivity contribution >= 4 is 22.5 Å². The molecule has 3 aliphatic rings. The van der Waals surface area contributed by atoms with Crippen molar-refractivity contribution in [3.05, 3.63) is 57.7 Å². The van der Waals surface area contributed by atoms with Crippen LogP contribution in [-0.2, 0) is 11.2 Å². The van der Waals surface area contributed by atoms with Gasteiger partial charge in [-0.05, 0) is 24.8 Å². The fourth-order valence-electron chi connectivity index (χ4n) is 5.56. The number of nitrogens with zero attached hydrogens (tertiary/aromatic N) is 3. The average molecular weight is 486 g/mol. The molecule has 2 fully saturated rings. The lowest BCUT2D eigenvalue weighted by molar-refractivity contribution is 0.155. The third kappa shape index (κ3) is 3.49. The molecule has 0 radical (unpaired) electrons. The van der Waals surface area contributed by atoms with Crippen LogP contribution in [0.2, 0.25) is 0 Å². The van der Waals surface area contributed by atoms with E-state index >= 15 is 4.39 Å². The first kappa shape index (κ1) is 22.1. The molecule has 3 unspecified atom stereocenters. The monoisotopic (exact) mass is 486 g/mol. The molecule has 6 nitrogen and oxygen atoms in total. The normalized spacial score (nSPS) is 23.7. The first-order chi connectivity index (χ1) is 17.0. The Morgan fingerprint density at radius 2 is 2.06 bits per heavy atom. The van der Waals surface area contributed by atoms with E-state index in [0.29, 0.717) is 18.5 Å². The standard InChI is InChI=1S/C25H22F4N4O2/c26-11-35-23-16(27)8-7-12-4-3-6-13(17(12)23)20-19(29)21-15(10-30-20)24(32-25(34)31-21)33-9-2-1-5-14-18(28)22(14)33/h3-4,6,10,14,18,22H,1-2,5,7-9,11H2,(H,31,32,34). The Balaban J connectivity index is 1.53. The van der Waals surface area contributed by atoms with Crippen LogP contribution >= 0.6 is 0 Å². The van der Waals surface area contributed by atoms with Crippen molar-refractivity contribution in [1.29, 1.82) is 0 Å². The number of aromatic amines is 1. The van der Waals surface area contributed by atoms with Gasteiger partial charge >= 0.3 is 5.69 Å². The molecule has 3 heterocycles. The van der Waals surface area contributed by atoms with Gasteiger partial charge in [0.05, 0.1) is 16.9 Å². The molecule has 3 aromatic rings. The van der Waals surface area contributed by atoms with Gasteiger partial charge in [0.2, 0.25) is 6.86 Å². The Morgan fingerprint density at radius 1 is 1.20 bits per heavy atom. The minimum Gasteiger partial charge on any atom is -0.460 e. The molecule has 0 spiro atoms. The molecule has 1 saturated heterocycles. The zero-order chi connectivity index (χ0) is 24.3. The summed E-state index contributed by atoms with van der Waals surface area (Å²) in [5, 5.41) is 0.261. The van der Waals surface area contributed by atoms with E-state index in [2.05, 4.69) is 15.0 Å². The summed E-state index contributed by atoms with van der Waals surface area (Å²) in [6, 6.07) is 4.59. The lowest BCUT2D eigenvalue weighted by Gasteiger charge is -2.24. The first-order valence-electron chi connectivity index (χ1n) is 11.7. The number of allylic oxidation sites excluding steroid dienone is 1. The Kier molecular flexibility index (Phi) is 5.26. The van der Waals surface area contributed by atoms with Crippen molar-refractivity contribution < 1.29 is 22.3 Å². The van der Waals surface area contributed by atoms with Gasteiger partial charge in [0, 0.05) is 36.2 Å². The largest absolute Gasteiger partial charge is 0.460 e. The minimum atomic E-state index is -1.24. The summed E-state index contributed by atoms with van der Waals surface area (Å²) >= 11 is 0. The number of anilines is 1. The molecule has 2 aliphatic carbocycles. The van der Waals surface area contributed by atoms with Gasteiger partial charge in [-0.3, -0.25) is 4.98 Å². The van der Waals surface area contributed by atoms with Crippen molar-refractivity contribution in [2.45, 2.75) is 44.3 Å². The highest BCUT2D eigenvalue weighted by molar-refractivity contribution is 5.93. The van der Waals surface area contributed by atoms with Crippen LogP contribution in [-0.4, -0.2) is 40.6 Å². The highest BCUT2D eigenvalue weighted by Crippen LogP contribution is 2.47. The zero-order valence-electron chi connectivity index (χ0n) is 18.7. The van der Waals surface area contributed by atoms with Gasteiger partial charge in [-0.15, -0.1) is 0 Å². The van der Waals surface area contributed by atoms with Crippen LogP contribution in [0.5, 0.6) is 0 Å². The van der Waals surface area contributed by atoms with E-state index in [1.165, 1.54) is 6.20 Å². The minimum absolute atomic E-state index is 0.0509. The number of H-pyrrole nitrogens is 1. The summed E-state index contributed by atoms with van der Waals surface area (Å²) in [4.78, 5) is 25.0. The lowest BCUT2D eigenvalue weighted by atomic mass is 9.89. The second kappa shape index (κ2) is 8.35. The molecule has 1 aliphatic heterocycles.